The van der Waals surface area contributed by atoms with E-state index in [4.69, 9.17) is 0 Å². The molecule has 0 aromatic carbocycles. The van der Waals surface area contributed by atoms with Gasteiger partial charge in [0.15, 0.2) is 0 Å². The number of rotatable bonds is 2. The molecule has 64 valence electrons. The first-order chi connectivity index (χ1) is 6.45. The van der Waals surface area contributed by atoms with Crippen LogP contribution < -0.4 is 0 Å². The first-order valence-corrected chi connectivity index (χ1v) is 3.75. The maximum absolute atomic E-state index is 4.07. The smallest absolute Gasteiger partial charge is 0.141 e. The molecule has 0 N–H and O–H groups in total. The van der Waals surface area contributed by atoms with Gasteiger partial charge in [0.05, 0.1) is 11.9 Å². The average molecular weight is 173 g/mol. The molecule has 0 spiro atoms. The van der Waals surface area contributed by atoms with E-state index in [1.165, 1.54) is 17.3 Å². The fourth-order valence-corrected chi connectivity index (χ4v) is 0.833. The highest BCUT2D eigenvalue weighted by molar-refractivity contribution is 5.76. The Labute approximate surface area is 74.8 Å². The third-order valence-corrected chi connectivity index (χ3v) is 1.42. The number of aromatic nitrogens is 4. The lowest BCUT2D eigenvalue weighted by Gasteiger charge is -1.89. The van der Waals surface area contributed by atoms with Crippen molar-refractivity contribution in [3.63, 3.8) is 0 Å². The van der Waals surface area contributed by atoms with E-state index in [0.717, 1.165) is 5.69 Å². The zero-order valence-corrected chi connectivity index (χ0v) is 6.78. The molecule has 2 aromatic heterocycles. The summed E-state index contributed by atoms with van der Waals surface area (Å²) in [6.45, 7) is 0. The van der Waals surface area contributed by atoms with Crippen molar-refractivity contribution in [2.24, 2.45) is 5.10 Å². The minimum Gasteiger partial charge on any atom is -0.255 e. The molecule has 2 aromatic rings. The van der Waals surface area contributed by atoms with Crippen molar-refractivity contribution in [3.05, 3.63) is 42.7 Å². The van der Waals surface area contributed by atoms with Crippen molar-refractivity contribution in [1.82, 2.24) is 19.9 Å². The maximum atomic E-state index is 4.07. The first-order valence-electron chi connectivity index (χ1n) is 3.75. The Bertz CT molecular complexity index is 378. The van der Waals surface area contributed by atoms with Crippen molar-refractivity contribution < 1.29 is 0 Å². The Hall–Kier alpha value is -2.04. The first kappa shape index (κ1) is 7.60. The predicted octanol–water partition coefficient (Wildman–Crippen LogP) is 0.555. The molecule has 0 radical (unpaired) electrons. The average Bonchev–Trinajstić information content (AvgIpc) is 2.69. The molecule has 0 atom stereocenters. The van der Waals surface area contributed by atoms with Crippen LogP contribution in [0.2, 0.25) is 0 Å². The van der Waals surface area contributed by atoms with Crippen LogP contribution in [0.5, 0.6) is 0 Å². The molecule has 0 saturated carbocycles. The van der Waals surface area contributed by atoms with Crippen molar-refractivity contribution in [3.8, 4) is 0 Å². The van der Waals surface area contributed by atoms with E-state index in [-0.39, 0.29) is 0 Å². The lowest BCUT2D eigenvalue weighted by Crippen LogP contribution is -1.89. The zero-order valence-electron chi connectivity index (χ0n) is 6.78. The van der Waals surface area contributed by atoms with Gasteiger partial charge < -0.3 is 0 Å². The molecule has 0 aliphatic heterocycles. The largest absolute Gasteiger partial charge is 0.255 e. The highest BCUT2D eigenvalue weighted by Crippen LogP contribution is 1.89. The number of pyridine rings is 1. The predicted molar refractivity (Wildman–Crippen MR) is 47.3 cm³/mol. The van der Waals surface area contributed by atoms with Gasteiger partial charge in [0, 0.05) is 6.20 Å². The van der Waals surface area contributed by atoms with E-state index >= 15 is 0 Å². The SMILES string of the molecule is C(=Nn1cnnc1)c1ccccn1. The summed E-state index contributed by atoms with van der Waals surface area (Å²) >= 11 is 0. The Kier molecular flexibility index (Phi) is 2.09. The van der Waals surface area contributed by atoms with Gasteiger partial charge in [-0.05, 0) is 12.1 Å². The molecule has 0 unspecified atom stereocenters. The summed E-state index contributed by atoms with van der Waals surface area (Å²) in [5.74, 6) is 0. The molecule has 0 bridgehead atoms. The van der Waals surface area contributed by atoms with Gasteiger partial charge in [-0.1, -0.05) is 6.07 Å². The molecule has 5 nitrogen and oxygen atoms in total. The molecule has 0 saturated heterocycles. The highest BCUT2D eigenvalue weighted by atomic mass is 15.4. The molecular formula is C8H7N5. The topological polar surface area (TPSA) is 56.0 Å². The number of hydrogen-bond donors (Lipinski definition) is 0. The Morgan fingerprint density at radius 3 is 2.77 bits per heavy atom. The van der Waals surface area contributed by atoms with Crippen LogP contribution in [-0.2, 0) is 0 Å². The van der Waals surface area contributed by atoms with E-state index in [0.29, 0.717) is 0 Å². The van der Waals surface area contributed by atoms with E-state index in [1.54, 1.807) is 12.4 Å². The van der Waals surface area contributed by atoms with Gasteiger partial charge in [-0.25, -0.2) is 4.68 Å². The van der Waals surface area contributed by atoms with Gasteiger partial charge in [-0.15, -0.1) is 10.2 Å². The summed E-state index contributed by atoms with van der Waals surface area (Å²) in [5.41, 5.74) is 0.802. The van der Waals surface area contributed by atoms with Crippen molar-refractivity contribution >= 4 is 6.21 Å². The molecule has 0 amide bonds. The second kappa shape index (κ2) is 3.57. The van der Waals surface area contributed by atoms with Gasteiger partial charge >= 0.3 is 0 Å². The van der Waals surface area contributed by atoms with Crippen LogP contribution in [0, 0.1) is 0 Å². The summed E-state index contributed by atoms with van der Waals surface area (Å²) in [5, 5.41) is 11.3. The fourth-order valence-electron chi connectivity index (χ4n) is 0.833. The van der Waals surface area contributed by atoms with Gasteiger partial charge in [0.25, 0.3) is 0 Å². The molecule has 2 heterocycles. The van der Waals surface area contributed by atoms with Crippen LogP contribution in [0.1, 0.15) is 5.69 Å². The Morgan fingerprint density at radius 1 is 1.23 bits per heavy atom. The van der Waals surface area contributed by atoms with Crippen LogP contribution in [0.15, 0.2) is 42.2 Å². The summed E-state index contributed by atoms with van der Waals surface area (Å²) in [6, 6.07) is 5.63. The van der Waals surface area contributed by atoms with Gasteiger partial charge in [0.2, 0.25) is 0 Å². The molecule has 5 heteroatoms. The van der Waals surface area contributed by atoms with Crippen LogP contribution in [0.25, 0.3) is 0 Å². The minimum absolute atomic E-state index is 0.802. The maximum Gasteiger partial charge on any atom is 0.141 e. The van der Waals surface area contributed by atoms with Gasteiger partial charge in [-0.3, -0.25) is 4.98 Å². The van der Waals surface area contributed by atoms with E-state index < -0.39 is 0 Å². The van der Waals surface area contributed by atoms with Crippen molar-refractivity contribution in [2.75, 3.05) is 0 Å². The van der Waals surface area contributed by atoms with E-state index in [9.17, 15) is 0 Å². The van der Waals surface area contributed by atoms with Crippen LogP contribution >= 0.6 is 0 Å². The minimum atomic E-state index is 0.802. The third kappa shape index (κ3) is 1.96. The van der Waals surface area contributed by atoms with Crippen LogP contribution in [-0.4, -0.2) is 26.1 Å². The summed E-state index contributed by atoms with van der Waals surface area (Å²) < 4.78 is 1.51. The molecular weight excluding hydrogens is 166 g/mol. The van der Waals surface area contributed by atoms with Crippen molar-refractivity contribution in [1.29, 1.82) is 0 Å². The molecule has 0 aliphatic carbocycles. The summed E-state index contributed by atoms with van der Waals surface area (Å²) in [4.78, 5) is 4.07. The standard InChI is InChI=1S/C8H7N5/c1-2-4-9-8(3-1)5-12-13-6-10-11-7-13/h1-7H. The molecule has 0 aliphatic rings. The molecule has 2 rings (SSSR count). The lowest BCUT2D eigenvalue weighted by atomic mass is 10.4. The lowest BCUT2D eigenvalue weighted by molar-refractivity contribution is 0.877. The van der Waals surface area contributed by atoms with Gasteiger partial charge in [0.1, 0.15) is 12.7 Å². The highest BCUT2D eigenvalue weighted by Gasteiger charge is 1.86. The quantitative estimate of drug-likeness (QED) is 0.623. The number of nitrogens with zero attached hydrogens (tertiary/aromatic N) is 5. The van der Waals surface area contributed by atoms with E-state index in [2.05, 4.69) is 20.3 Å². The second-order valence-electron chi connectivity index (χ2n) is 2.34. The Balaban J connectivity index is 2.15. The fraction of sp³-hybridized carbons (Fsp3) is 0. The summed E-state index contributed by atoms with van der Waals surface area (Å²) in [6.07, 6.45) is 6.38. The normalized spacial score (nSPS) is 10.8. The molecule has 13 heavy (non-hydrogen) atoms. The zero-order chi connectivity index (χ0) is 8.93. The second-order valence-corrected chi connectivity index (χ2v) is 2.34. The van der Waals surface area contributed by atoms with Crippen LogP contribution in [0.3, 0.4) is 0 Å². The van der Waals surface area contributed by atoms with Crippen molar-refractivity contribution in [2.45, 2.75) is 0 Å². The third-order valence-electron chi connectivity index (χ3n) is 1.42. The van der Waals surface area contributed by atoms with Crippen LogP contribution in [0.4, 0.5) is 0 Å². The number of hydrogen-bond acceptors (Lipinski definition) is 4. The van der Waals surface area contributed by atoms with E-state index in [1.807, 2.05) is 18.2 Å². The summed E-state index contributed by atoms with van der Waals surface area (Å²) in [7, 11) is 0. The Morgan fingerprint density at radius 2 is 2.08 bits per heavy atom. The molecule has 0 fully saturated rings. The van der Waals surface area contributed by atoms with Gasteiger partial charge in [-0.2, -0.15) is 5.10 Å². The monoisotopic (exact) mass is 173 g/mol.